The van der Waals surface area contributed by atoms with Crippen molar-refractivity contribution >= 4 is 5.91 Å². The fraction of sp³-hybridized carbons (Fsp3) is 0.611. The Morgan fingerprint density at radius 2 is 1.91 bits per heavy atom. The molecule has 2 rings (SSSR count). The number of benzene rings is 1. The SMILES string of the molecule is COc1cc(C(C)NC(=O)C(C)C2CNC2)ccc1OC(C)C. The molecule has 1 aliphatic heterocycles. The van der Waals surface area contributed by atoms with Gasteiger partial charge in [-0.25, -0.2) is 0 Å². The average molecular weight is 320 g/mol. The number of carbonyl (C=O) groups excluding carboxylic acids is 1. The highest BCUT2D eigenvalue weighted by Crippen LogP contribution is 2.31. The number of rotatable bonds is 7. The lowest BCUT2D eigenvalue weighted by Crippen LogP contribution is -2.49. The highest BCUT2D eigenvalue weighted by Gasteiger charge is 2.29. The summed E-state index contributed by atoms with van der Waals surface area (Å²) < 4.78 is 11.1. The van der Waals surface area contributed by atoms with Crippen LogP contribution in [0.15, 0.2) is 18.2 Å². The lowest BCUT2D eigenvalue weighted by Gasteiger charge is -2.32. The summed E-state index contributed by atoms with van der Waals surface area (Å²) in [6.45, 7) is 9.80. The number of ether oxygens (including phenoxy) is 2. The third-order valence-corrected chi connectivity index (χ3v) is 4.34. The van der Waals surface area contributed by atoms with Crippen molar-refractivity contribution in [1.82, 2.24) is 10.6 Å². The van der Waals surface area contributed by atoms with E-state index in [1.807, 2.05) is 45.9 Å². The van der Waals surface area contributed by atoms with Gasteiger partial charge < -0.3 is 20.1 Å². The molecule has 2 atom stereocenters. The first-order valence-corrected chi connectivity index (χ1v) is 8.28. The van der Waals surface area contributed by atoms with Crippen LogP contribution in [0.5, 0.6) is 11.5 Å². The van der Waals surface area contributed by atoms with Crippen molar-refractivity contribution in [3.63, 3.8) is 0 Å². The number of hydrogen-bond acceptors (Lipinski definition) is 4. The third-order valence-electron chi connectivity index (χ3n) is 4.34. The Hall–Kier alpha value is -1.75. The molecule has 2 N–H and O–H groups in total. The predicted octanol–water partition coefficient (Wildman–Crippen LogP) is 2.52. The first kappa shape index (κ1) is 17.6. The minimum absolute atomic E-state index is 0.0316. The van der Waals surface area contributed by atoms with E-state index in [1.165, 1.54) is 0 Å². The summed E-state index contributed by atoms with van der Waals surface area (Å²) in [5.41, 5.74) is 1.00. The molecule has 1 heterocycles. The van der Waals surface area contributed by atoms with Crippen molar-refractivity contribution in [2.24, 2.45) is 11.8 Å². The summed E-state index contributed by atoms with van der Waals surface area (Å²) in [7, 11) is 1.63. The quantitative estimate of drug-likeness (QED) is 0.810. The van der Waals surface area contributed by atoms with Crippen molar-refractivity contribution in [3.05, 3.63) is 23.8 Å². The lowest BCUT2D eigenvalue weighted by molar-refractivity contribution is -0.127. The number of hydrogen-bond donors (Lipinski definition) is 2. The van der Waals surface area contributed by atoms with Crippen molar-refractivity contribution < 1.29 is 14.3 Å². The first-order chi connectivity index (χ1) is 10.9. The molecule has 0 radical (unpaired) electrons. The second-order valence-corrected chi connectivity index (χ2v) is 6.51. The molecule has 0 saturated carbocycles. The summed E-state index contributed by atoms with van der Waals surface area (Å²) in [5, 5.41) is 6.30. The Balaban J connectivity index is 2.03. The molecule has 0 spiro atoms. The molecule has 23 heavy (non-hydrogen) atoms. The predicted molar refractivity (Wildman–Crippen MR) is 90.8 cm³/mol. The van der Waals surface area contributed by atoms with Gasteiger partial charge in [0.15, 0.2) is 11.5 Å². The van der Waals surface area contributed by atoms with Crippen molar-refractivity contribution in [3.8, 4) is 11.5 Å². The largest absolute Gasteiger partial charge is 0.493 e. The second-order valence-electron chi connectivity index (χ2n) is 6.51. The zero-order chi connectivity index (χ0) is 17.0. The van der Waals surface area contributed by atoms with Crippen molar-refractivity contribution in [2.75, 3.05) is 20.2 Å². The van der Waals surface area contributed by atoms with Crippen LogP contribution in [0.2, 0.25) is 0 Å². The number of methoxy groups -OCH3 is 1. The summed E-state index contributed by atoms with van der Waals surface area (Å²) in [6.07, 6.45) is 0.0869. The van der Waals surface area contributed by atoms with Crippen molar-refractivity contribution in [2.45, 2.75) is 39.8 Å². The summed E-state index contributed by atoms with van der Waals surface area (Å²) in [5.74, 6) is 1.99. The van der Waals surface area contributed by atoms with Gasteiger partial charge in [-0.05, 0) is 57.5 Å². The van der Waals surface area contributed by atoms with E-state index in [0.29, 0.717) is 11.7 Å². The van der Waals surface area contributed by atoms with Gasteiger partial charge in [0, 0.05) is 5.92 Å². The molecule has 2 unspecified atom stereocenters. The first-order valence-electron chi connectivity index (χ1n) is 8.28. The molecule has 128 valence electrons. The van der Waals surface area contributed by atoms with Crippen LogP contribution in [0, 0.1) is 11.8 Å². The summed E-state index contributed by atoms with van der Waals surface area (Å²) >= 11 is 0. The monoisotopic (exact) mass is 320 g/mol. The van der Waals surface area contributed by atoms with E-state index in [0.717, 1.165) is 24.4 Å². The van der Waals surface area contributed by atoms with E-state index in [2.05, 4.69) is 10.6 Å². The van der Waals surface area contributed by atoms with Gasteiger partial charge in [-0.1, -0.05) is 13.0 Å². The zero-order valence-corrected chi connectivity index (χ0v) is 14.7. The fourth-order valence-corrected chi connectivity index (χ4v) is 2.61. The van der Waals surface area contributed by atoms with Gasteiger partial charge in [0.2, 0.25) is 5.91 Å². The fourth-order valence-electron chi connectivity index (χ4n) is 2.61. The average Bonchev–Trinajstić information content (AvgIpc) is 2.44. The molecule has 5 heteroatoms. The van der Waals surface area contributed by atoms with Gasteiger partial charge in [0.1, 0.15) is 0 Å². The van der Waals surface area contributed by atoms with E-state index in [4.69, 9.17) is 9.47 Å². The molecule has 1 fully saturated rings. The summed E-state index contributed by atoms with van der Waals surface area (Å²) in [4.78, 5) is 12.3. The van der Waals surface area contributed by atoms with E-state index in [-0.39, 0.29) is 24.0 Å². The third kappa shape index (κ3) is 4.38. The van der Waals surface area contributed by atoms with Crippen LogP contribution in [0.3, 0.4) is 0 Å². The number of amides is 1. The van der Waals surface area contributed by atoms with E-state index in [9.17, 15) is 4.79 Å². The van der Waals surface area contributed by atoms with Crippen LogP contribution < -0.4 is 20.1 Å². The molecule has 1 amide bonds. The van der Waals surface area contributed by atoms with Crippen LogP contribution in [0.1, 0.15) is 39.3 Å². The topological polar surface area (TPSA) is 59.6 Å². The van der Waals surface area contributed by atoms with Gasteiger partial charge in [-0.15, -0.1) is 0 Å². The molecular formula is C18H28N2O3. The smallest absolute Gasteiger partial charge is 0.223 e. The van der Waals surface area contributed by atoms with Crippen LogP contribution in [0.25, 0.3) is 0 Å². The Morgan fingerprint density at radius 3 is 2.43 bits per heavy atom. The minimum atomic E-state index is -0.0695. The normalized spacial score (nSPS) is 17.3. The highest BCUT2D eigenvalue weighted by atomic mass is 16.5. The summed E-state index contributed by atoms with van der Waals surface area (Å²) in [6, 6.07) is 5.73. The Labute approximate surface area is 138 Å². The van der Waals surface area contributed by atoms with Crippen LogP contribution in [-0.4, -0.2) is 32.2 Å². The van der Waals surface area contributed by atoms with Gasteiger partial charge in [0.05, 0.1) is 19.3 Å². The second kappa shape index (κ2) is 7.68. The molecule has 5 nitrogen and oxygen atoms in total. The standard InChI is InChI=1S/C18H28N2O3/c1-11(2)23-16-7-6-14(8-17(16)22-5)13(4)20-18(21)12(3)15-9-19-10-15/h6-8,11-13,15,19H,9-10H2,1-5H3,(H,20,21). The van der Waals surface area contributed by atoms with Crippen LogP contribution >= 0.6 is 0 Å². The minimum Gasteiger partial charge on any atom is -0.493 e. The van der Waals surface area contributed by atoms with Crippen LogP contribution in [0.4, 0.5) is 0 Å². The van der Waals surface area contributed by atoms with Gasteiger partial charge in [0.25, 0.3) is 0 Å². The molecule has 0 aliphatic carbocycles. The van der Waals surface area contributed by atoms with E-state index in [1.54, 1.807) is 7.11 Å². The molecule has 0 aromatic heterocycles. The lowest BCUT2D eigenvalue weighted by atomic mass is 9.88. The van der Waals surface area contributed by atoms with E-state index < -0.39 is 0 Å². The highest BCUT2D eigenvalue weighted by molar-refractivity contribution is 5.79. The Kier molecular flexibility index (Phi) is 5.88. The number of carbonyl (C=O) groups is 1. The zero-order valence-electron chi connectivity index (χ0n) is 14.7. The molecule has 0 bridgehead atoms. The molecule has 1 saturated heterocycles. The Bertz CT molecular complexity index is 541. The maximum atomic E-state index is 12.3. The van der Waals surface area contributed by atoms with Crippen LogP contribution in [-0.2, 0) is 4.79 Å². The molecule has 1 aromatic rings. The molecule has 1 aliphatic rings. The number of nitrogens with one attached hydrogen (secondary N) is 2. The van der Waals surface area contributed by atoms with Crippen molar-refractivity contribution in [1.29, 1.82) is 0 Å². The Morgan fingerprint density at radius 1 is 1.22 bits per heavy atom. The molecule has 1 aromatic carbocycles. The van der Waals surface area contributed by atoms with Gasteiger partial charge in [-0.2, -0.15) is 0 Å². The van der Waals surface area contributed by atoms with Gasteiger partial charge in [-0.3, -0.25) is 4.79 Å². The maximum absolute atomic E-state index is 12.3. The van der Waals surface area contributed by atoms with E-state index >= 15 is 0 Å². The van der Waals surface area contributed by atoms with Gasteiger partial charge >= 0.3 is 0 Å². The maximum Gasteiger partial charge on any atom is 0.223 e. The molecular weight excluding hydrogens is 292 g/mol.